The molecule has 3 atom stereocenters. The number of ether oxygens (including phenoxy) is 1. The Balaban J connectivity index is 1.84. The van der Waals surface area contributed by atoms with Gasteiger partial charge in [0, 0.05) is 6.42 Å². The lowest BCUT2D eigenvalue weighted by atomic mass is 10.1. The summed E-state index contributed by atoms with van der Waals surface area (Å²) in [6, 6.07) is 9.96. The summed E-state index contributed by atoms with van der Waals surface area (Å²) >= 11 is 0. The van der Waals surface area contributed by atoms with Crippen LogP contribution in [0.3, 0.4) is 0 Å². The molecular formula is C14H20O4S. The number of hydrogen-bond donors (Lipinski definition) is 0. The summed E-state index contributed by atoms with van der Waals surface area (Å²) in [6.07, 6.45) is 2.39. The zero-order chi connectivity index (χ0) is 13.9. The van der Waals surface area contributed by atoms with Crippen molar-refractivity contribution in [1.82, 2.24) is 0 Å². The van der Waals surface area contributed by atoms with Gasteiger partial charge in [0.2, 0.25) is 0 Å². The predicted octanol–water partition coefficient (Wildman–Crippen LogP) is 2.35. The third kappa shape index (κ3) is 4.60. The summed E-state index contributed by atoms with van der Waals surface area (Å²) in [5.41, 5.74) is 1.13. The molecule has 2 rings (SSSR count). The molecule has 4 nitrogen and oxygen atoms in total. The van der Waals surface area contributed by atoms with Crippen molar-refractivity contribution < 1.29 is 17.3 Å². The maximum atomic E-state index is 11.2. The van der Waals surface area contributed by atoms with E-state index in [0.29, 0.717) is 13.0 Å². The quantitative estimate of drug-likeness (QED) is 0.779. The Labute approximate surface area is 114 Å². The van der Waals surface area contributed by atoms with Crippen LogP contribution in [0.15, 0.2) is 30.3 Å². The zero-order valence-electron chi connectivity index (χ0n) is 11.3. The molecular weight excluding hydrogens is 264 g/mol. The topological polar surface area (TPSA) is 52.6 Å². The average Bonchev–Trinajstić information content (AvgIpc) is 2.67. The molecule has 1 aromatic rings. The Bertz CT molecular complexity index is 497. The first-order chi connectivity index (χ1) is 8.94. The lowest BCUT2D eigenvalue weighted by Crippen LogP contribution is -2.20. The second-order valence-corrected chi connectivity index (χ2v) is 6.81. The lowest BCUT2D eigenvalue weighted by Gasteiger charge is -2.13. The minimum atomic E-state index is -3.39. The first-order valence-electron chi connectivity index (χ1n) is 6.48. The Morgan fingerprint density at radius 2 is 1.89 bits per heavy atom. The van der Waals surface area contributed by atoms with Gasteiger partial charge in [-0.1, -0.05) is 37.3 Å². The van der Waals surface area contributed by atoms with Gasteiger partial charge in [-0.2, -0.15) is 8.42 Å². The smallest absolute Gasteiger partial charge is 0.264 e. The van der Waals surface area contributed by atoms with Crippen molar-refractivity contribution in [3.63, 3.8) is 0 Å². The second-order valence-electron chi connectivity index (χ2n) is 5.21. The zero-order valence-corrected chi connectivity index (χ0v) is 12.1. The predicted molar refractivity (Wildman–Crippen MR) is 73.1 cm³/mol. The van der Waals surface area contributed by atoms with E-state index in [1.807, 2.05) is 37.3 Å². The van der Waals surface area contributed by atoms with Gasteiger partial charge in [-0.05, 0) is 17.9 Å². The normalized spacial score (nSPS) is 27.6. The van der Waals surface area contributed by atoms with Crippen LogP contribution >= 0.6 is 0 Å². The molecule has 1 saturated carbocycles. The van der Waals surface area contributed by atoms with E-state index in [1.165, 1.54) is 0 Å². The fraction of sp³-hybridized carbons (Fsp3) is 0.571. The molecule has 0 aliphatic heterocycles. The molecule has 5 heteroatoms. The molecule has 0 heterocycles. The van der Waals surface area contributed by atoms with Crippen LogP contribution in [0.4, 0.5) is 0 Å². The molecule has 1 fully saturated rings. The maximum absolute atomic E-state index is 11.2. The molecule has 1 aliphatic rings. The first kappa shape index (κ1) is 14.5. The first-order valence-corrected chi connectivity index (χ1v) is 8.29. The van der Waals surface area contributed by atoms with Crippen molar-refractivity contribution in [2.24, 2.45) is 5.92 Å². The average molecular weight is 284 g/mol. The van der Waals surface area contributed by atoms with Crippen LogP contribution in [-0.4, -0.2) is 26.9 Å². The second kappa shape index (κ2) is 6.03. The van der Waals surface area contributed by atoms with Crippen LogP contribution in [0.2, 0.25) is 0 Å². The largest absolute Gasteiger partial charge is 0.373 e. The van der Waals surface area contributed by atoms with Crippen molar-refractivity contribution in [3.8, 4) is 0 Å². The highest BCUT2D eigenvalue weighted by atomic mass is 32.2. The van der Waals surface area contributed by atoms with Crippen LogP contribution in [0, 0.1) is 5.92 Å². The summed E-state index contributed by atoms with van der Waals surface area (Å²) < 4.78 is 33.2. The Morgan fingerprint density at radius 3 is 2.53 bits per heavy atom. The molecule has 1 aromatic carbocycles. The number of rotatable bonds is 5. The Morgan fingerprint density at radius 1 is 1.21 bits per heavy atom. The number of hydrogen-bond acceptors (Lipinski definition) is 4. The van der Waals surface area contributed by atoms with Crippen molar-refractivity contribution in [2.45, 2.75) is 38.6 Å². The highest BCUT2D eigenvalue weighted by Gasteiger charge is 2.34. The monoisotopic (exact) mass is 284 g/mol. The minimum Gasteiger partial charge on any atom is -0.373 e. The van der Waals surface area contributed by atoms with Crippen LogP contribution < -0.4 is 0 Å². The molecule has 0 saturated heterocycles. The van der Waals surface area contributed by atoms with Gasteiger partial charge < -0.3 is 4.74 Å². The van der Waals surface area contributed by atoms with E-state index in [2.05, 4.69) is 0 Å². The van der Waals surface area contributed by atoms with E-state index >= 15 is 0 Å². The summed E-state index contributed by atoms with van der Waals surface area (Å²) in [7, 11) is -3.39. The fourth-order valence-electron chi connectivity index (χ4n) is 2.44. The SMILES string of the molecule is CC1CC(OCc2ccccc2)CC1OS(C)(=O)=O. The van der Waals surface area contributed by atoms with Crippen molar-refractivity contribution in [3.05, 3.63) is 35.9 Å². The highest BCUT2D eigenvalue weighted by Crippen LogP contribution is 2.31. The van der Waals surface area contributed by atoms with Gasteiger partial charge in [0.25, 0.3) is 10.1 Å². The summed E-state index contributed by atoms with van der Waals surface area (Å²) in [5.74, 6) is 0.204. The molecule has 106 valence electrons. The molecule has 0 bridgehead atoms. The molecule has 0 spiro atoms. The summed E-state index contributed by atoms with van der Waals surface area (Å²) in [5, 5.41) is 0. The molecule has 19 heavy (non-hydrogen) atoms. The highest BCUT2D eigenvalue weighted by molar-refractivity contribution is 7.86. The lowest BCUT2D eigenvalue weighted by molar-refractivity contribution is 0.0382. The van der Waals surface area contributed by atoms with Gasteiger partial charge >= 0.3 is 0 Å². The van der Waals surface area contributed by atoms with Gasteiger partial charge in [-0.3, -0.25) is 4.18 Å². The maximum Gasteiger partial charge on any atom is 0.264 e. The number of benzene rings is 1. The Hall–Kier alpha value is -0.910. The van der Waals surface area contributed by atoms with Gasteiger partial charge in [0.05, 0.1) is 25.1 Å². The molecule has 1 aliphatic carbocycles. The van der Waals surface area contributed by atoms with Crippen molar-refractivity contribution in [2.75, 3.05) is 6.26 Å². The molecule has 0 radical (unpaired) electrons. The van der Waals surface area contributed by atoms with Crippen LogP contribution in [0.25, 0.3) is 0 Å². The molecule has 0 aromatic heterocycles. The van der Waals surface area contributed by atoms with Crippen LogP contribution in [0.1, 0.15) is 25.3 Å². The van der Waals surface area contributed by atoms with Crippen LogP contribution in [0.5, 0.6) is 0 Å². The van der Waals surface area contributed by atoms with E-state index in [-0.39, 0.29) is 18.1 Å². The molecule has 0 N–H and O–H groups in total. The third-order valence-electron chi connectivity index (χ3n) is 3.39. The van der Waals surface area contributed by atoms with Crippen molar-refractivity contribution >= 4 is 10.1 Å². The molecule has 3 unspecified atom stereocenters. The minimum absolute atomic E-state index is 0.0713. The van der Waals surface area contributed by atoms with Gasteiger partial charge in [-0.15, -0.1) is 0 Å². The summed E-state index contributed by atoms with van der Waals surface area (Å²) in [6.45, 7) is 2.56. The fourth-order valence-corrected chi connectivity index (χ4v) is 3.15. The molecule has 0 amide bonds. The van der Waals surface area contributed by atoms with Crippen LogP contribution in [-0.2, 0) is 25.6 Å². The van der Waals surface area contributed by atoms with E-state index in [9.17, 15) is 8.42 Å². The third-order valence-corrected chi connectivity index (χ3v) is 3.99. The van der Waals surface area contributed by atoms with E-state index in [1.54, 1.807) is 0 Å². The summed E-state index contributed by atoms with van der Waals surface area (Å²) in [4.78, 5) is 0. The van der Waals surface area contributed by atoms with Gasteiger partial charge in [0.1, 0.15) is 0 Å². The van der Waals surface area contributed by atoms with Crippen molar-refractivity contribution in [1.29, 1.82) is 0 Å². The Kier molecular flexibility index (Phi) is 4.60. The van der Waals surface area contributed by atoms with Gasteiger partial charge in [0.15, 0.2) is 0 Å². The standard InChI is InChI=1S/C14H20O4S/c1-11-8-13(9-14(11)18-19(2,15)16)17-10-12-6-4-3-5-7-12/h3-7,11,13-14H,8-10H2,1-2H3. The van der Waals surface area contributed by atoms with E-state index in [0.717, 1.165) is 18.2 Å². The van der Waals surface area contributed by atoms with Gasteiger partial charge in [-0.25, -0.2) is 0 Å². The van der Waals surface area contributed by atoms with E-state index in [4.69, 9.17) is 8.92 Å². The van der Waals surface area contributed by atoms with E-state index < -0.39 is 10.1 Å².